The Morgan fingerprint density at radius 3 is 2.28 bits per heavy atom. The van der Waals surface area contributed by atoms with Gasteiger partial charge in [-0.2, -0.15) is 0 Å². The standard InChI is InChI=1S/C18H18Cl3N3O4S/c1-29(26,27)23-16-3-2-12(24-4-6-28-7-5-24)10-13(16)18(25)22-11-8-14(19)17(21)15(20)9-11/h2-3,8-10,23H,4-7H2,1H3,(H,22,25). The molecule has 0 radical (unpaired) electrons. The minimum Gasteiger partial charge on any atom is -0.378 e. The molecule has 0 bridgehead atoms. The lowest BCUT2D eigenvalue weighted by Crippen LogP contribution is -2.36. The number of carbonyl (C=O) groups is 1. The van der Waals surface area contributed by atoms with Crippen molar-refractivity contribution in [2.75, 3.05) is 47.5 Å². The largest absolute Gasteiger partial charge is 0.378 e. The summed E-state index contributed by atoms with van der Waals surface area (Å²) in [6.45, 7) is 2.49. The molecule has 1 fully saturated rings. The van der Waals surface area contributed by atoms with Crippen molar-refractivity contribution in [3.05, 3.63) is 51.0 Å². The molecular formula is C18H18Cl3N3O4S. The maximum atomic E-state index is 13.0. The number of nitrogens with zero attached hydrogens (tertiary/aromatic N) is 1. The summed E-state index contributed by atoms with van der Waals surface area (Å²) >= 11 is 18.0. The van der Waals surface area contributed by atoms with Gasteiger partial charge in [-0.3, -0.25) is 9.52 Å². The van der Waals surface area contributed by atoms with Crippen molar-refractivity contribution in [2.24, 2.45) is 0 Å². The minimum absolute atomic E-state index is 0.154. The number of hydrogen-bond acceptors (Lipinski definition) is 5. The topological polar surface area (TPSA) is 87.7 Å². The molecule has 29 heavy (non-hydrogen) atoms. The number of amides is 1. The monoisotopic (exact) mass is 477 g/mol. The summed E-state index contributed by atoms with van der Waals surface area (Å²) in [6.07, 6.45) is 1.02. The molecule has 1 saturated heterocycles. The number of hydrogen-bond donors (Lipinski definition) is 2. The molecule has 1 amide bonds. The Kier molecular flexibility index (Phi) is 6.80. The summed E-state index contributed by atoms with van der Waals surface area (Å²) in [7, 11) is -3.59. The van der Waals surface area contributed by atoms with Gasteiger partial charge in [-0.15, -0.1) is 0 Å². The predicted octanol–water partition coefficient (Wildman–Crippen LogP) is 4.11. The highest BCUT2D eigenvalue weighted by Crippen LogP contribution is 2.34. The first kappa shape index (κ1) is 22.0. The van der Waals surface area contributed by atoms with E-state index in [-0.39, 0.29) is 26.3 Å². The zero-order chi connectivity index (χ0) is 21.2. The average molecular weight is 479 g/mol. The summed E-state index contributed by atoms with van der Waals surface area (Å²) < 4.78 is 31.2. The highest BCUT2D eigenvalue weighted by molar-refractivity contribution is 7.92. The van der Waals surface area contributed by atoms with Crippen LogP contribution in [0.3, 0.4) is 0 Å². The van der Waals surface area contributed by atoms with E-state index in [0.29, 0.717) is 32.0 Å². The second-order valence-corrected chi connectivity index (χ2v) is 9.35. The highest BCUT2D eigenvalue weighted by atomic mass is 35.5. The SMILES string of the molecule is CS(=O)(=O)Nc1ccc(N2CCOCC2)cc1C(=O)Nc1cc(Cl)c(Cl)c(Cl)c1. The highest BCUT2D eigenvalue weighted by Gasteiger charge is 2.19. The number of rotatable bonds is 5. The maximum absolute atomic E-state index is 13.0. The van der Waals surface area contributed by atoms with Crippen LogP contribution >= 0.6 is 34.8 Å². The van der Waals surface area contributed by atoms with Crippen LogP contribution in [0.4, 0.5) is 17.1 Å². The zero-order valence-corrected chi connectivity index (χ0v) is 18.4. The Morgan fingerprint density at radius 2 is 1.69 bits per heavy atom. The summed E-state index contributed by atoms with van der Waals surface area (Å²) in [5.41, 5.74) is 1.43. The second-order valence-electron chi connectivity index (χ2n) is 6.41. The summed E-state index contributed by atoms with van der Waals surface area (Å²) in [6, 6.07) is 7.87. The van der Waals surface area contributed by atoms with Crippen LogP contribution in [0.15, 0.2) is 30.3 Å². The lowest BCUT2D eigenvalue weighted by Gasteiger charge is -2.29. The van der Waals surface area contributed by atoms with Crippen LogP contribution in [0, 0.1) is 0 Å². The molecule has 2 aromatic carbocycles. The fourth-order valence-corrected chi connectivity index (χ4v) is 4.03. The van der Waals surface area contributed by atoms with Crippen LogP contribution in [0.1, 0.15) is 10.4 Å². The Bertz CT molecular complexity index is 1020. The van der Waals surface area contributed by atoms with Gasteiger partial charge in [0.1, 0.15) is 0 Å². The Labute approximate surface area is 183 Å². The lowest BCUT2D eigenvalue weighted by molar-refractivity contribution is 0.102. The molecule has 0 aliphatic carbocycles. The molecule has 2 N–H and O–H groups in total. The van der Waals surface area contributed by atoms with E-state index in [1.54, 1.807) is 18.2 Å². The number of anilines is 3. The van der Waals surface area contributed by atoms with Crippen LogP contribution in [-0.2, 0) is 14.8 Å². The van der Waals surface area contributed by atoms with Gasteiger partial charge < -0.3 is 15.0 Å². The van der Waals surface area contributed by atoms with Crippen molar-refractivity contribution in [3.8, 4) is 0 Å². The maximum Gasteiger partial charge on any atom is 0.257 e. The molecule has 11 heteroatoms. The van der Waals surface area contributed by atoms with Gasteiger partial charge in [-0.1, -0.05) is 34.8 Å². The van der Waals surface area contributed by atoms with E-state index >= 15 is 0 Å². The van der Waals surface area contributed by atoms with E-state index in [2.05, 4.69) is 14.9 Å². The van der Waals surface area contributed by atoms with Gasteiger partial charge in [0.15, 0.2) is 0 Å². The van der Waals surface area contributed by atoms with Crippen LogP contribution in [0.5, 0.6) is 0 Å². The van der Waals surface area contributed by atoms with Crippen LogP contribution in [0.2, 0.25) is 15.1 Å². The first-order valence-electron chi connectivity index (χ1n) is 8.54. The van der Waals surface area contributed by atoms with Gasteiger partial charge in [0, 0.05) is 24.5 Å². The van der Waals surface area contributed by atoms with Gasteiger partial charge >= 0.3 is 0 Å². The van der Waals surface area contributed by atoms with E-state index in [1.807, 2.05) is 0 Å². The normalized spacial score (nSPS) is 14.6. The van der Waals surface area contributed by atoms with Crippen molar-refractivity contribution >= 4 is 67.8 Å². The second kappa shape index (κ2) is 8.97. The Hall–Kier alpha value is -1.71. The Balaban J connectivity index is 1.96. The molecule has 0 atom stereocenters. The number of sulfonamides is 1. The van der Waals surface area contributed by atoms with E-state index in [9.17, 15) is 13.2 Å². The number of halogens is 3. The third-order valence-corrected chi connectivity index (χ3v) is 5.95. The molecule has 1 heterocycles. The summed E-state index contributed by atoms with van der Waals surface area (Å²) in [5, 5.41) is 3.23. The van der Waals surface area contributed by atoms with Crippen molar-refractivity contribution in [3.63, 3.8) is 0 Å². The van der Waals surface area contributed by atoms with Gasteiger partial charge in [0.2, 0.25) is 10.0 Å². The zero-order valence-electron chi connectivity index (χ0n) is 15.3. The third-order valence-electron chi connectivity index (χ3n) is 4.16. The van der Waals surface area contributed by atoms with Gasteiger partial charge in [-0.25, -0.2) is 8.42 Å². The van der Waals surface area contributed by atoms with Crippen molar-refractivity contribution in [2.45, 2.75) is 0 Å². The molecular weight excluding hydrogens is 461 g/mol. The first-order valence-corrected chi connectivity index (χ1v) is 11.6. The first-order chi connectivity index (χ1) is 13.6. The Morgan fingerprint density at radius 1 is 1.07 bits per heavy atom. The summed E-state index contributed by atoms with van der Waals surface area (Å²) in [5.74, 6) is -0.527. The van der Waals surface area contributed by atoms with Crippen molar-refractivity contribution in [1.29, 1.82) is 0 Å². The van der Waals surface area contributed by atoms with Crippen molar-refractivity contribution < 1.29 is 17.9 Å². The van der Waals surface area contributed by atoms with Gasteiger partial charge in [0.25, 0.3) is 5.91 Å². The fourth-order valence-electron chi connectivity index (χ4n) is 2.85. The number of ether oxygens (including phenoxy) is 1. The van der Waals surface area contributed by atoms with E-state index < -0.39 is 15.9 Å². The number of carbonyl (C=O) groups excluding carboxylic acids is 1. The quantitative estimate of drug-likeness (QED) is 0.632. The fraction of sp³-hybridized carbons (Fsp3) is 0.278. The van der Waals surface area contributed by atoms with E-state index in [1.165, 1.54) is 12.1 Å². The molecule has 156 valence electrons. The third kappa shape index (κ3) is 5.67. The number of morpholine rings is 1. The smallest absolute Gasteiger partial charge is 0.257 e. The molecule has 1 aliphatic heterocycles. The number of benzene rings is 2. The molecule has 0 spiro atoms. The molecule has 2 aromatic rings. The van der Waals surface area contributed by atoms with Gasteiger partial charge in [0.05, 0.1) is 45.8 Å². The number of nitrogens with one attached hydrogen (secondary N) is 2. The van der Waals surface area contributed by atoms with Crippen LogP contribution in [-0.4, -0.2) is 46.9 Å². The van der Waals surface area contributed by atoms with Crippen LogP contribution < -0.4 is 14.9 Å². The molecule has 1 aliphatic rings. The van der Waals surface area contributed by atoms with Crippen LogP contribution in [0.25, 0.3) is 0 Å². The molecule has 0 unspecified atom stereocenters. The summed E-state index contributed by atoms with van der Waals surface area (Å²) in [4.78, 5) is 15.0. The molecule has 0 saturated carbocycles. The average Bonchev–Trinajstić information content (AvgIpc) is 2.65. The molecule has 0 aromatic heterocycles. The van der Waals surface area contributed by atoms with Crippen molar-refractivity contribution in [1.82, 2.24) is 0 Å². The molecule has 7 nitrogen and oxygen atoms in total. The minimum atomic E-state index is -3.59. The predicted molar refractivity (Wildman–Crippen MR) is 117 cm³/mol. The van der Waals surface area contributed by atoms with E-state index in [4.69, 9.17) is 39.5 Å². The van der Waals surface area contributed by atoms with E-state index in [0.717, 1.165) is 11.9 Å². The van der Waals surface area contributed by atoms with Gasteiger partial charge in [-0.05, 0) is 30.3 Å². The lowest BCUT2D eigenvalue weighted by atomic mass is 10.1. The molecule has 3 rings (SSSR count).